The Kier molecular flexibility index (Phi) is 4.69. The van der Waals surface area contributed by atoms with E-state index in [1.165, 1.54) is 9.21 Å². The number of halogens is 1. The molecular formula is C13H21BrN4O4S. The molecule has 0 aliphatic carbocycles. The van der Waals surface area contributed by atoms with Gasteiger partial charge in [0, 0.05) is 31.1 Å². The van der Waals surface area contributed by atoms with E-state index >= 15 is 0 Å². The van der Waals surface area contributed by atoms with Gasteiger partial charge in [-0.15, -0.1) is 0 Å². The predicted octanol–water partition coefficient (Wildman–Crippen LogP) is 1.82. The van der Waals surface area contributed by atoms with Crippen LogP contribution in [0.4, 0.5) is 10.6 Å². The zero-order valence-corrected chi connectivity index (χ0v) is 15.9. The molecule has 1 amide bonds. The molecule has 0 spiro atoms. The second-order valence-corrected chi connectivity index (χ2v) is 9.48. The van der Waals surface area contributed by atoms with Crippen LogP contribution in [0.5, 0.6) is 0 Å². The lowest BCUT2D eigenvalue weighted by atomic mass is 10.0. The average Bonchev–Trinajstić information content (AvgIpc) is 2.74. The summed E-state index contributed by atoms with van der Waals surface area (Å²) in [5.41, 5.74) is -0.563. The Morgan fingerprint density at radius 3 is 2.57 bits per heavy atom. The molecule has 23 heavy (non-hydrogen) atoms. The van der Waals surface area contributed by atoms with Gasteiger partial charge in [-0.2, -0.15) is 5.10 Å². The molecule has 2 rings (SSSR count). The summed E-state index contributed by atoms with van der Waals surface area (Å²) in [6.45, 7) is 6.37. The normalized spacial score (nSPS) is 18.7. The van der Waals surface area contributed by atoms with Crippen LogP contribution in [0.2, 0.25) is 0 Å². The summed E-state index contributed by atoms with van der Waals surface area (Å²) in [7, 11) is -3.48. The van der Waals surface area contributed by atoms with Gasteiger partial charge in [-0.05, 0) is 36.7 Å². The molecule has 0 bridgehead atoms. The number of amides is 1. The molecule has 130 valence electrons. The largest absolute Gasteiger partial charge is 0.465 e. The molecule has 1 N–H and O–H groups in total. The fourth-order valence-corrected chi connectivity index (χ4v) is 4.28. The molecule has 8 nitrogen and oxygen atoms in total. The van der Waals surface area contributed by atoms with E-state index in [0.717, 1.165) is 6.26 Å². The minimum atomic E-state index is -3.48. The first kappa shape index (κ1) is 18.1. The fourth-order valence-electron chi connectivity index (χ4n) is 2.67. The number of hydrogen-bond acceptors (Lipinski definition) is 4. The summed E-state index contributed by atoms with van der Waals surface area (Å²) >= 11 is 3.32. The zero-order valence-electron chi connectivity index (χ0n) is 13.5. The monoisotopic (exact) mass is 408 g/mol. The van der Waals surface area contributed by atoms with Crippen molar-refractivity contribution in [3.05, 3.63) is 10.7 Å². The van der Waals surface area contributed by atoms with Crippen molar-refractivity contribution in [2.75, 3.05) is 23.7 Å². The van der Waals surface area contributed by atoms with E-state index in [1.54, 1.807) is 10.9 Å². The highest BCUT2D eigenvalue weighted by atomic mass is 79.9. The molecule has 1 unspecified atom stereocenters. The Morgan fingerprint density at radius 2 is 2.09 bits per heavy atom. The maximum Gasteiger partial charge on any atom is 0.407 e. The maximum absolute atomic E-state index is 12.1. The summed E-state index contributed by atoms with van der Waals surface area (Å²) in [6.07, 6.45) is 1.67. The van der Waals surface area contributed by atoms with Crippen molar-refractivity contribution in [1.82, 2.24) is 14.7 Å². The molecule has 1 aromatic rings. The van der Waals surface area contributed by atoms with Crippen LogP contribution in [0.1, 0.15) is 20.8 Å². The highest BCUT2D eigenvalue weighted by molar-refractivity contribution is 9.10. The summed E-state index contributed by atoms with van der Waals surface area (Å²) in [4.78, 5) is 12.8. The standard InChI is InChI=1S/C13H21BrN4O4S/c1-13(2,3)16(12(19)20)6-9-7-17-11(10(14)5-15-17)18(8-9)23(4,21)22/h5,9H,6-8H2,1-4H3,(H,19,20). The Balaban J connectivity index is 2.32. The van der Waals surface area contributed by atoms with Gasteiger partial charge < -0.3 is 10.0 Å². The molecule has 1 aliphatic heterocycles. The van der Waals surface area contributed by atoms with Gasteiger partial charge in [0.25, 0.3) is 0 Å². The van der Waals surface area contributed by atoms with Crippen molar-refractivity contribution < 1.29 is 18.3 Å². The number of rotatable bonds is 3. The molecule has 0 radical (unpaired) electrons. The number of aromatic nitrogens is 2. The molecule has 0 aromatic carbocycles. The van der Waals surface area contributed by atoms with Gasteiger partial charge in [0.2, 0.25) is 10.0 Å². The van der Waals surface area contributed by atoms with Gasteiger partial charge >= 0.3 is 6.09 Å². The van der Waals surface area contributed by atoms with E-state index in [-0.39, 0.29) is 19.0 Å². The minimum absolute atomic E-state index is 0.181. The van der Waals surface area contributed by atoms with Crippen molar-refractivity contribution in [2.24, 2.45) is 5.92 Å². The molecule has 10 heteroatoms. The van der Waals surface area contributed by atoms with Crippen LogP contribution in [0.25, 0.3) is 0 Å². The number of nitrogens with zero attached hydrogens (tertiary/aromatic N) is 4. The van der Waals surface area contributed by atoms with Crippen molar-refractivity contribution in [3.8, 4) is 0 Å². The van der Waals surface area contributed by atoms with Crippen LogP contribution in [-0.4, -0.2) is 59.2 Å². The van der Waals surface area contributed by atoms with Crippen molar-refractivity contribution in [1.29, 1.82) is 0 Å². The van der Waals surface area contributed by atoms with Crippen LogP contribution in [0.3, 0.4) is 0 Å². The van der Waals surface area contributed by atoms with Crippen molar-refractivity contribution >= 4 is 37.9 Å². The molecule has 1 atom stereocenters. The van der Waals surface area contributed by atoms with E-state index in [1.807, 2.05) is 20.8 Å². The lowest BCUT2D eigenvalue weighted by Crippen LogP contribution is -2.51. The highest BCUT2D eigenvalue weighted by Crippen LogP contribution is 2.33. The van der Waals surface area contributed by atoms with Crippen LogP contribution < -0.4 is 4.31 Å². The molecule has 0 saturated heterocycles. The third-order valence-electron chi connectivity index (χ3n) is 3.74. The number of carbonyl (C=O) groups is 1. The minimum Gasteiger partial charge on any atom is -0.465 e. The molecular weight excluding hydrogens is 388 g/mol. The molecule has 0 fully saturated rings. The van der Waals surface area contributed by atoms with Crippen LogP contribution in [0.15, 0.2) is 10.7 Å². The van der Waals surface area contributed by atoms with Gasteiger partial charge in [0.15, 0.2) is 5.82 Å². The molecule has 1 aromatic heterocycles. The summed E-state index contributed by atoms with van der Waals surface area (Å²) < 4.78 is 27.7. The van der Waals surface area contributed by atoms with E-state index in [0.29, 0.717) is 16.8 Å². The van der Waals surface area contributed by atoms with Crippen LogP contribution in [0, 0.1) is 5.92 Å². The second-order valence-electron chi connectivity index (χ2n) is 6.72. The summed E-state index contributed by atoms with van der Waals surface area (Å²) in [5, 5.41) is 13.6. The summed E-state index contributed by atoms with van der Waals surface area (Å²) in [5.74, 6) is 0.306. The van der Waals surface area contributed by atoms with Gasteiger partial charge in [-0.25, -0.2) is 17.9 Å². The average molecular weight is 409 g/mol. The first-order chi connectivity index (χ1) is 10.4. The number of carboxylic acid groups (broad SMARTS) is 1. The van der Waals surface area contributed by atoms with E-state index in [2.05, 4.69) is 21.0 Å². The van der Waals surface area contributed by atoms with Gasteiger partial charge in [-0.3, -0.25) is 4.31 Å². The molecule has 1 aliphatic rings. The Labute approximate surface area is 144 Å². The quantitative estimate of drug-likeness (QED) is 0.822. The smallest absolute Gasteiger partial charge is 0.407 e. The fraction of sp³-hybridized carbons (Fsp3) is 0.692. The van der Waals surface area contributed by atoms with E-state index in [9.17, 15) is 18.3 Å². The first-order valence-electron chi connectivity index (χ1n) is 7.11. The lowest BCUT2D eigenvalue weighted by molar-refractivity contribution is 0.0859. The van der Waals surface area contributed by atoms with Crippen molar-refractivity contribution in [2.45, 2.75) is 32.9 Å². The van der Waals surface area contributed by atoms with Gasteiger partial charge in [0.05, 0.1) is 16.9 Å². The second kappa shape index (κ2) is 5.97. The zero-order chi connectivity index (χ0) is 17.6. The topological polar surface area (TPSA) is 95.7 Å². The number of anilines is 1. The maximum atomic E-state index is 12.1. The highest BCUT2D eigenvalue weighted by Gasteiger charge is 2.36. The third kappa shape index (κ3) is 3.79. The van der Waals surface area contributed by atoms with Gasteiger partial charge in [0.1, 0.15) is 0 Å². The third-order valence-corrected chi connectivity index (χ3v) is 5.42. The first-order valence-corrected chi connectivity index (χ1v) is 9.75. The van der Waals surface area contributed by atoms with Crippen LogP contribution >= 0.6 is 15.9 Å². The Hall–Kier alpha value is -1.29. The number of sulfonamides is 1. The molecule has 2 heterocycles. The van der Waals surface area contributed by atoms with E-state index in [4.69, 9.17) is 0 Å². The van der Waals surface area contributed by atoms with E-state index < -0.39 is 21.7 Å². The lowest BCUT2D eigenvalue weighted by Gasteiger charge is -2.39. The molecule has 0 saturated carbocycles. The SMILES string of the molecule is CC(C)(C)N(CC1CN(S(C)(=O)=O)c2c(Br)cnn2C1)C(=O)O. The Morgan fingerprint density at radius 1 is 1.48 bits per heavy atom. The Bertz CT molecular complexity index is 710. The van der Waals surface area contributed by atoms with Crippen LogP contribution in [-0.2, 0) is 16.6 Å². The number of hydrogen-bond donors (Lipinski definition) is 1. The van der Waals surface area contributed by atoms with Gasteiger partial charge in [-0.1, -0.05) is 0 Å². The van der Waals surface area contributed by atoms with Crippen molar-refractivity contribution in [3.63, 3.8) is 0 Å². The summed E-state index contributed by atoms with van der Waals surface area (Å²) in [6, 6.07) is 0. The number of fused-ring (bicyclic) bond motifs is 1. The predicted molar refractivity (Wildman–Crippen MR) is 90.1 cm³/mol.